The van der Waals surface area contributed by atoms with Crippen LogP contribution < -0.4 is 0 Å². The third-order valence-electron chi connectivity index (χ3n) is 0.620. The molecule has 9 heavy (non-hydrogen) atoms. The Morgan fingerprint density at radius 2 is 2.33 bits per heavy atom. The molecule has 0 fully saturated rings. The molecule has 1 radical (unpaired) electrons. The molecule has 0 amide bonds. The van der Waals surface area contributed by atoms with Gasteiger partial charge in [0.25, 0.3) is 0 Å². The van der Waals surface area contributed by atoms with E-state index in [0.29, 0.717) is 0 Å². The maximum Gasteiger partial charge on any atom is 0.330 e. The molecule has 0 saturated heterocycles. The molecule has 51 valence electrons. The van der Waals surface area contributed by atoms with Gasteiger partial charge in [0.2, 0.25) is 0 Å². The van der Waals surface area contributed by atoms with Crippen LogP contribution in [0.1, 0.15) is 13.8 Å². The van der Waals surface area contributed by atoms with Gasteiger partial charge in [0.1, 0.15) is 0 Å². The van der Waals surface area contributed by atoms with Crippen LogP contribution in [0.4, 0.5) is 0 Å². The van der Waals surface area contributed by atoms with Crippen LogP contribution in [0.5, 0.6) is 0 Å². The molecular weight excluding hydrogens is 116 g/mol. The first-order valence-corrected chi connectivity index (χ1v) is 2.83. The smallest absolute Gasteiger partial charge is 0.330 e. The van der Waals surface area contributed by atoms with Gasteiger partial charge in [-0.15, -0.1) is 0 Å². The number of allylic oxidation sites excluding steroid dienone is 1. The Hall–Kier alpha value is -0.790. The number of esters is 1. The molecule has 0 rings (SSSR count). The van der Waals surface area contributed by atoms with Gasteiger partial charge in [-0.2, -0.15) is 0 Å². The summed E-state index contributed by atoms with van der Waals surface area (Å²) < 4.78 is 4.65. The fraction of sp³-hybridized carbons (Fsp3) is 0.429. The van der Waals surface area contributed by atoms with Crippen molar-refractivity contribution in [3.05, 3.63) is 19.1 Å². The molecule has 0 heterocycles. The lowest BCUT2D eigenvalue weighted by atomic mass is 10.4. The molecule has 0 aromatic carbocycles. The number of carbonyl (C=O) groups is 1. The molecule has 2 nitrogen and oxygen atoms in total. The summed E-state index contributed by atoms with van der Waals surface area (Å²) in [7, 11) is 0. The molecule has 0 bridgehead atoms. The standard InChI is InChI=1S/C7H11O2/c1-4-5-7(8)9-6(2)3/h4-6H,2H2,1,3H3/b5-4-. The number of hydrogen-bond donors (Lipinski definition) is 0. The van der Waals surface area contributed by atoms with Crippen LogP contribution in [-0.2, 0) is 9.53 Å². The third-order valence-corrected chi connectivity index (χ3v) is 0.620. The molecule has 0 spiro atoms. The highest BCUT2D eigenvalue weighted by Gasteiger charge is 1.97. The average Bonchev–Trinajstić information content (AvgIpc) is 1.63. The summed E-state index contributed by atoms with van der Waals surface area (Å²) in [5, 5.41) is 0. The zero-order valence-electron chi connectivity index (χ0n) is 5.76. The molecule has 0 aromatic rings. The van der Waals surface area contributed by atoms with Crippen LogP contribution in [-0.4, -0.2) is 12.1 Å². The van der Waals surface area contributed by atoms with Crippen LogP contribution >= 0.6 is 0 Å². The average molecular weight is 127 g/mol. The van der Waals surface area contributed by atoms with Crippen molar-refractivity contribution in [3.8, 4) is 0 Å². The quantitative estimate of drug-likeness (QED) is 0.413. The van der Waals surface area contributed by atoms with E-state index in [2.05, 4.69) is 11.7 Å². The summed E-state index contributed by atoms with van der Waals surface area (Å²) in [6.07, 6.45) is 2.72. The molecule has 2 heteroatoms. The van der Waals surface area contributed by atoms with Crippen molar-refractivity contribution >= 4 is 5.97 Å². The SMILES string of the molecule is [CH2]C(C)OC(=O)/C=C\C. The van der Waals surface area contributed by atoms with Crippen molar-refractivity contribution in [2.24, 2.45) is 0 Å². The van der Waals surface area contributed by atoms with E-state index in [9.17, 15) is 4.79 Å². The maximum absolute atomic E-state index is 10.5. The van der Waals surface area contributed by atoms with Crippen LogP contribution in [0.3, 0.4) is 0 Å². The van der Waals surface area contributed by atoms with Gasteiger partial charge in [0.05, 0.1) is 6.10 Å². The van der Waals surface area contributed by atoms with Crippen molar-refractivity contribution in [2.45, 2.75) is 20.0 Å². The third kappa shape index (κ3) is 5.07. The van der Waals surface area contributed by atoms with Crippen molar-refractivity contribution in [3.63, 3.8) is 0 Å². The van der Waals surface area contributed by atoms with Crippen molar-refractivity contribution in [1.82, 2.24) is 0 Å². The van der Waals surface area contributed by atoms with E-state index >= 15 is 0 Å². The molecule has 0 saturated carbocycles. The molecule has 1 unspecified atom stereocenters. The van der Waals surface area contributed by atoms with Crippen molar-refractivity contribution in [1.29, 1.82) is 0 Å². The van der Waals surface area contributed by atoms with Crippen LogP contribution in [0.2, 0.25) is 0 Å². The van der Waals surface area contributed by atoms with Crippen LogP contribution in [0.15, 0.2) is 12.2 Å². The molecule has 0 aromatic heterocycles. The van der Waals surface area contributed by atoms with E-state index in [0.717, 1.165) is 0 Å². The molecule has 0 N–H and O–H groups in total. The van der Waals surface area contributed by atoms with E-state index in [1.165, 1.54) is 6.08 Å². The Morgan fingerprint density at radius 1 is 1.78 bits per heavy atom. The molecule has 0 aliphatic carbocycles. The Bertz CT molecular complexity index is 114. The number of carbonyl (C=O) groups excluding carboxylic acids is 1. The first kappa shape index (κ1) is 8.21. The fourth-order valence-corrected chi connectivity index (χ4v) is 0.374. The molecular formula is C7H11O2. The highest BCUT2D eigenvalue weighted by atomic mass is 16.5. The lowest BCUT2D eigenvalue weighted by molar-refractivity contribution is -0.140. The Kier molecular flexibility index (Phi) is 3.76. The number of rotatable bonds is 2. The van der Waals surface area contributed by atoms with Gasteiger partial charge < -0.3 is 4.74 Å². The number of hydrogen-bond acceptors (Lipinski definition) is 2. The maximum atomic E-state index is 10.5. The topological polar surface area (TPSA) is 26.3 Å². The largest absolute Gasteiger partial charge is 0.460 e. The minimum Gasteiger partial charge on any atom is -0.460 e. The van der Waals surface area contributed by atoms with Gasteiger partial charge in [-0.25, -0.2) is 4.79 Å². The summed E-state index contributed by atoms with van der Waals surface area (Å²) in [4.78, 5) is 10.5. The second kappa shape index (κ2) is 4.13. The predicted molar refractivity (Wildman–Crippen MR) is 35.7 cm³/mol. The molecule has 0 aliphatic rings. The van der Waals surface area contributed by atoms with E-state index < -0.39 is 0 Å². The minimum atomic E-state index is -0.333. The highest BCUT2D eigenvalue weighted by Crippen LogP contribution is 1.88. The fourth-order valence-electron chi connectivity index (χ4n) is 0.374. The normalized spacial score (nSPS) is 10.7. The first-order valence-electron chi connectivity index (χ1n) is 2.83. The zero-order valence-corrected chi connectivity index (χ0v) is 5.76. The van der Waals surface area contributed by atoms with E-state index in [4.69, 9.17) is 0 Å². The Labute approximate surface area is 55.5 Å². The van der Waals surface area contributed by atoms with E-state index in [-0.39, 0.29) is 12.1 Å². The first-order chi connectivity index (χ1) is 4.16. The van der Waals surface area contributed by atoms with Crippen LogP contribution in [0.25, 0.3) is 0 Å². The van der Waals surface area contributed by atoms with Gasteiger partial charge in [-0.3, -0.25) is 0 Å². The second-order valence-electron chi connectivity index (χ2n) is 1.75. The van der Waals surface area contributed by atoms with E-state index in [1.54, 1.807) is 19.9 Å². The van der Waals surface area contributed by atoms with Gasteiger partial charge in [0.15, 0.2) is 0 Å². The van der Waals surface area contributed by atoms with Gasteiger partial charge in [0, 0.05) is 6.08 Å². The lowest BCUT2D eigenvalue weighted by Crippen LogP contribution is -2.08. The Balaban J connectivity index is 3.51. The Morgan fingerprint density at radius 3 is 2.67 bits per heavy atom. The lowest BCUT2D eigenvalue weighted by Gasteiger charge is -2.02. The van der Waals surface area contributed by atoms with Crippen molar-refractivity contribution < 1.29 is 9.53 Å². The van der Waals surface area contributed by atoms with E-state index in [1.807, 2.05) is 0 Å². The summed E-state index contributed by atoms with van der Waals surface area (Å²) in [5.41, 5.74) is 0. The zero-order chi connectivity index (χ0) is 7.28. The summed E-state index contributed by atoms with van der Waals surface area (Å²) in [6.45, 7) is 6.95. The van der Waals surface area contributed by atoms with Gasteiger partial charge >= 0.3 is 5.97 Å². The predicted octanol–water partition coefficient (Wildman–Crippen LogP) is 1.33. The molecule has 0 aliphatic heterocycles. The summed E-state index contributed by atoms with van der Waals surface area (Å²) >= 11 is 0. The van der Waals surface area contributed by atoms with Crippen molar-refractivity contribution in [2.75, 3.05) is 0 Å². The number of ether oxygens (including phenoxy) is 1. The van der Waals surface area contributed by atoms with Gasteiger partial charge in [-0.1, -0.05) is 6.08 Å². The second-order valence-corrected chi connectivity index (χ2v) is 1.75. The molecule has 1 atom stereocenters. The van der Waals surface area contributed by atoms with Crippen LogP contribution in [0, 0.1) is 6.92 Å². The summed E-state index contributed by atoms with van der Waals surface area (Å²) in [5.74, 6) is -0.333. The summed E-state index contributed by atoms with van der Waals surface area (Å²) in [6, 6.07) is 0. The highest BCUT2D eigenvalue weighted by molar-refractivity contribution is 5.81. The monoisotopic (exact) mass is 127 g/mol. The minimum absolute atomic E-state index is 0.270. The van der Waals surface area contributed by atoms with Gasteiger partial charge in [-0.05, 0) is 20.8 Å².